The summed E-state index contributed by atoms with van der Waals surface area (Å²) in [5, 5.41) is 9.09. The van der Waals surface area contributed by atoms with Crippen LogP contribution in [0.3, 0.4) is 0 Å². The third-order valence-electron chi connectivity index (χ3n) is 3.44. The third-order valence-corrected chi connectivity index (χ3v) is 3.44. The van der Waals surface area contributed by atoms with Gasteiger partial charge in [-0.2, -0.15) is 0 Å². The minimum absolute atomic E-state index is 0.0166. The van der Waals surface area contributed by atoms with Gasteiger partial charge in [-0.15, -0.1) is 0 Å². The maximum Gasteiger partial charge on any atom is 0.253 e. The van der Waals surface area contributed by atoms with Crippen LogP contribution in [0.2, 0.25) is 0 Å². The molecule has 0 saturated carbocycles. The Morgan fingerprint density at radius 2 is 1.89 bits per heavy atom. The molecule has 19 heavy (non-hydrogen) atoms. The lowest BCUT2D eigenvalue weighted by atomic mass is 10.1. The highest BCUT2D eigenvalue weighted by molar-refractivity contribution is 5.94. The smallest absolute Gasteiger partial charge is 0.253 e. The van der Waals surface area contributed by atoms with Gasteiger partial charge in [-0.05, 0) is 43.5 Å². The molecule has 0 heterocycles. The lowest BCUT2D eigenvalue weighted by molar-refractivity contribution is 0.0718. The van der Waals surface area contributed by atoms with E-state index >= 15 is 0 Å². The molecule has 0 spiro atoms. The van der Waals surface area contributed by atoms with Crippen LogP contribution in [0, 0.1) is 13.8 Å². The lowest BCUT2D eigenvalue weighted by Crippen LogP contribution is -2.34. The number of carbonyl (C=O) groups is 1. The van der Waals surface area contributed by atoms with E-state index in [-0.39, 0.29) is 12.5 Å². The third kappa shape index (κ3) is 4.67. The lowest BCUT2D eigenvalue weighted by Gasteiger charge is -2.22. The van der Waals surface area contributed by atoms with Crippen molar-refractivity contribution in [2.45, 2.75) is 40.0 Å². The molecular formula is C16H25NO2. The van der Waals surface area contributed by atoms with Crippen LogP contribution in [0.5, 0.6) is 0 Å². The summed E-state index contributed by atoms with van der Waals surface area (Å²) in [6.07, 6.45) is 3.24. The topological polar surface area (TPSA) is 40.5 Å². The Morgan fingerprint density at radius 3 is 2.47 bits per heavy atom. The quantitative estimate of drug-likeness (QED) is 0.768. The van der Waals surface area contributed by atoms with Crippen molar-refractivity contribution in [1.82, 2.24) is 4.90 Å². The Morgan fingerprint density at radius 1 is 1.16 bits per heavy atom. The summed E-state index contributed by atoms with van der Waals surface area (Å²) in [5.41, 5.74) is 3.03. The Labute approximate surface area is 116 Å². The number of aliphatic hydroxyl groups is 1. The van der Waals surface area contributed by atoms with E-state index in [4.69, 9.17) is 5.11 Å². The van der Waals surface area contributed by atoms with Crippen LogP contribution in [0.15, 0.2) is 18.2 Å². The number of carbonyl (C=O) groups excluding carboxylic acids is 1. The van der Waals surface area contributed by atoms with Gasteiger partial charge in [-0.1, -0.05) is 25.8 Å². The summed E-state index contributed by atoms with van der Waals surface area (Å²) in [4.78, 5) is 14.2. The van der Waals surface area contributed by atoms with Crippen molar-refractivity contribution in [3.05, 3.63) is 34.9 Å². The molecule has 3 nitrogen and oxygen atoms in total. The summed E-state index contributed by atoms with van der Waals surface area (Å²) >= 11 is 0. The Hall–Kier alpha value is -1.35. The SMILES string of the molecule is CCCCCN(CCO)C(=O)c1ccc(C)c(C)c1. The molecule has 0 aromatic heterocycles. The fourth-order valence-corrected chi connectivity index (χ4v) is 2.05. The normalized spacial score (nSPS) is 10.5. The molecule has 106 valence electrons. The van der Waals surface area contributed by atoms with Crippen LogP contribution >= 0.6 is 0 Å². The molecule has 0 bridgehead atoms. The van der Waals surface area contributed by atoms with Crippen molar-refractivity contribution in [2.75, 3.05) is 19.7 Å². The molecular weight excluding hydrogens is 238 g/mol. The monoisotopic (exact) mass is 263 g/mol. The number of nitrogens with zero attached hydrogens (tertiary/aromatic N) is 1. The van der Waals surface area contributed by atoms with Gasteiger partial charge >= 0.3 is 0 Å². The largest absolute Gasteiger partial charge is 0.395 e. The van der Waals surface area contributed by atoms with E-state index in [1.165, 1.54) is 5.56 Å². The van der Waals surface area contributed by atoms with Gasteiger partial charge in [-0.3, -0.25) is 4.79 Å². The summed E-state index contributed by atoms with van der Waals surface area (Å²) in [7, 11) is 0. The van der Waals surface area contributed by atoms with E-state index in [1.807, 2.05) is 32.0 Å². The van der Waals surface area contributed by atoms with Crippen LogP contribution < -0.4 is 0 Å². The Kier molecular flexibility index (Phi) is 6.57. The zero-order valence-corrected chi connectivity index (χ0v) is 12.3. The van der Waals surface area contributed by atoms with Crippen molar-refractivity contribution < 1.29 is 9.90 Å². The van der Waals surface area contributed by atoms with E-state index in [9.17, 15) is 4.79 Å². The van der Waals surface area contributed by atoms with Gasteiger partial charge in [0.05, 0.1) is 6.61 Å². The minimum Gasteiger partial charge on any atom is -0.395 e. The second-order valence-electron chi connectivity index (χ2n) is 5.02. The molecule has 0 radical (unpaired) electrons. The first-order valence-electron chi connectivity index (χ1n) is 7.07. The molecule has 1 aromatic carbocycles. The summed E-state index contributed by atoms with van der Waals surface area (Å²) in [5.74, 6) is 0.0215. The predicted molar refractivity (Wildman–Crippen MR) is 78.4 cm³/mol. The average Bonchev–Trinajstić information content (AvgIpc) is 2.40. The number of benzene rings is 1. The Balaban J connectivity index is 2.76. The predicted octanol–water partition coefficient (Wildman–Crippen LogP) is 2.93. The van der Waals surface area contributed by atoms with Gasteiger partial charge in [0.25, 0.3) is 5.91 Å². The van der Waals surface area contributed by atoms with Gasteiger partial charge in [0.1, 0.15) is 0 Å². The zero-order chi connectivity index (χ0) is 14.3. The number of aryl methyl sites for hydroxylation is 2. The molecule has 1 aromatic rings. The maximum absolute atomic E-state index is 12.4. The van der Waals surface area contributed by atoms with E-state index in [0.29, 0.717) is 12.1 Å². The summed E-state index contributed by atoms with van der Waals surface area (Å²) < 4.78 is 0. The first kappa shape index (κ1) is 15.7. The highest BCUT2D eigenvalue weighted by atomic mass is 16.3. The average molecular weight is 263 g/mol. The highest BCUT2D eigenvalue weighted by Gasteiger charge is 2.15. The number of hydrogen-bond acceptors (Lipinski definition) is 2. The van der Waals surface area contributed by atoms with E-state index in [1.54, 1.807) is 4.90 Å². The molecule has 0 aliphatic rings. The van der Waals surface area contributed by atoms with Crippen molar-refractivity contribution in [3.8, 4) is 0 Å². The fraction of sp³-hybridized carbons (Fsp3) is 0.562. The first-order valence-corrected chi connectivity index (χ1v) is 7.07. The fourth-order valence-electron chi connectivity index (χ4n) is 2.05. The van der Waals surface area contributed by atoms with Crippen LogP contribution in [0.25, 0.3) is 0 Å². The number of unbranched alkanes of at least 4 members (excludes halogenated alkanes) is 2. The molecule has 3 heteroatoms. The molecule has 1 rings (SSSR count). The van der Waals surface area contributed by atoms with Crippen molar-refractivity contribution in [2.24, 2.45) is 0 Å². The van der Waals surface area contributed by atoms with Gasteiger partial charge < -0.3 is 10.0 Å². The standard InChI is InChI=1S/C16H25NO2/c1-4-5-6-9-17(10-11-18)16(19)15-8-7-13(2)14(3)12-15/h7-8,12,18H,4-6,9-11H2,1-3H3. The van der Waals surface area contributed by atoms with Crippen LogP contribution in [-0.2, 0) is 0 Å². The Bertz CT molecular complexity index is 415. The summed E-state index contributed by atoms with van der Waals surface area (Å²) in [6, 6.07) is 5.78. The maximum atomic E-state index is 12.4. The molecule has 1 N–H and O–H groups in total. The zero-order valence-electron chi connectivity index (χ0n) is 12.3. The number of hydrogen-bond donors (Lipinski definition) is 1. The molecule has 0 atom stereocenters. The number of amides is 1. The minimum atomic E-state index is 0.0166. The molecule has 0 unspecified atom stereocenters. The molecule has 0 saturated heterocycles. The number of aliphatic hydroxyl groups excluding tert-OH is 1. The first-order chi connectivity index (χ1) is 9.10. The van der Waals surface area contributed by atoms with Gasteiger partial charge in [-0.25, -0.2) is 0 Å². The van der Waals surface area contributed by atoms with E-state index in [0.717, 1.165) is 31.4 Å². The summed E-state index contributed by atoms with van der Waals surface area (Å²) in [6.45, 7) is 7.34. The van der Waals surface area contributed by atoms with Gasteiger partial charge in [0.2, 0.25) is 0 Å². The van der Waals surface area contributed by atoms with E-state index in [2.05, 4.69) is 6.92 Å². The van der Waals surface area contributed by atoms with Crippen LogP contribution in [-0.4, -0.2) is 35.6 Å². The molecule has 1 amide bonds. The molecule has 0 fully saturated rings. The van der Waals surface area contributed by atoms with Gasteiger partial charge in [0, 0.05) is 18.7 Å². The second-order valence-corrected chi connectivity index (χ2v) is 5.02. The highest BCUT2D eigenvalue weighted by Crippen LogP contribution is 2.12. The second kappa shape index (κ2) is 7.95. The molecule has 0 aliphatic heterocycles. The van der Waals surface area contributed by atoms with Crippen LogP contribution in [0.4, 0.5) is 0 Å². The van der Waals surface area contributed by atoms with E-state index < -0.39 is 0 Å². The van der Waals surface area contributed by atoms with Crippen molar-refractivity contribution in [3.63, 3.8) is 0 Å². The van der Waals surface area contributed by atoms with Crippen LogP contribution in [0.1, 0.15) is 47.7 Å². The van der Waals surface area contributed by atoms with Crippen molar-refractivity contribution in [1.29, 1.82) is 0 Å². The molecule has 0 aliphatic carbocycles. The van der Waals surface area contributed by atoms with Crippen molar-refractivity contribution >= 4 is 5.91 Å². The van der Waals surface area contributed by atoms with Gasteiger partial charge in [0.15, 0.2) is 0 Å². The number of rotatable bonds is 7.